The first kappa shape index (κ1) is 14.4. The fraction of sp³-hybridized carbons (Fsp3) is 0.188. The van der Waals surface area contributed by atoms with Crippen LogP contribution in [-0.2, 0) is 0 Å². The SMILES string of the molecule is CN(CCOc1ccccc1)C(=O)c1cccc(Cl)c1. The third-order valence-electron chi connectivity index (χ3n) is 2.86. The van der Waals surface area contributed by atoms with Crippen LogP contribution in [0.1, 0.15) is 10.4 Å². The summed E-state index contributed by atoms with van der Waals surface area (Å²) in [5.74, 6) is 0.736. The van der Waals surface area contributed by atoms with Crippen LogP contribution in [0.15, 0.2) is 54.6 Å². The first-order valence-electron chi connectivity index (χ1n) is 6.36. The molecule has 0 unspecified atom stereocenters. The van der Waals surface area contributed by atoms with Crippen LogP contribution in [0, 0.1) is 0 Å². The van der Waals surface area contributed by atoms with Crippen LogP contribution in [-0.4, -0.2) is 31.0 Å². The monoisotopic (exact) mass is 289 g/mol. The molecule has 0 aliphatic rings. The Bertz CT molecular complexity index is 572. The number of ether oxygens (including phenoxy) is 1. The summed E-state index contributed by atoms with van der Waals surface area (Å²) < 4.78 is 5.57. The molecule has 0 aromatic heterocycles. The summed E-state index contributed by atoms with van der Waals surface area (Å²) in [7, 11) is 1.75. The number of carbonyl (C=O) groups is 1. The molecule has 1 amide bonds. The molecule has 0 fully saturated rings. The number of para-hydroxylation sites is 1. The minimum atomic E-state index is -0.0656. The number of amides is 1. The molecule has 0 saturated heterocycles. The molecule has 0 saturated carbocycles. The van der Waals surface area contributed by atoms with Crippen molar-refractivity contribution in [2.75, 3.05) is 20.2 Å². The molecule has 2 rings (SSSR count). The Balaban J connectivity index is 1.85. The van der Waals surface area contributed by atoms with Gasteiger partial charge in [0.25, 0.3) is 5.91 Å². The van der Waals surface area contributed by atoms with E-state index < -0.39 is 0 Å². The zero-order valence-electron chi connectivity index (χ0n) is 11.3. The minimum absolute atomic E-state index is 0.0656. The topological polar surface area (TPSA) is 29.5 Å². The maximum Gasteiger partial charge on any atom is 0.253 e. The Kier molecular flexibility index (Phi) is 5.02. The highest BCUT2D eigenvalue weighted by molar-refractivity contribution is 6.30. The van der Waals surface area contributed by atoms with Gasteiger partial charge in [0.05, 0.1) is 6.54 Å². The zero-order chi connectivity index (χ0) is 14.4. The number of likely N-dealkylation sites (N-methyl/N-ethyl adjacent to an activating group) is 1. The molecule has 3 nitrogen and oxygen atoms in total. The Morgan fingerprint density at radius 1 is 1.15 bits per heavy atom. The smallest absolute Gasteiger partial charge is 0.253 e. The summed E-state index contributed by atoms with van der Waals surface area (Å²) >= 11 is 5.88. The maximum absolute atomic E-state index is 12.2. The quantitative estimate of drug-likeness (QED) is 0.843. The van der Waals surface area contributed by atoms with Crippen LogP contribution in [0.2, 0.25) is 5.02 Å². The second-order valence-corrected chi connectivity index (χ2v) is 4.84. The third kappa shape index (κ3) is 4.00. The highest BCUT2D eigenvalue weighted by atomic mass is 35.5. The number of carbonyl (C=O) groups excluding carboxylic acids is 1. The largest absolute Gasteiger partial charge is 0.492 e. The molecule has 0 atom stereocenters. The molecular formula is C16H16ClNO2. The molecule has 104 valence electrons. The predicted octanol–water partition coefficient (Wildman–Crippen LogP) is 3.49. The van der Waals surface area contributed by atoms with Gasteiger partial charge in [0.1, 0.15) is 12.4 Å². The molecule has 0 spiro atoms. The van der Waals surface area contributed by atoms with Crippen molar-refractivity contribution in [1.82, 2.24) is 4.90 Å². The molecule has 20 heavy (non-hydrogen) atoms. The minimum Gasteiger partial charge on any atom is -0.492 e. The summed E-state index contributed by atoms with van der Waals surface area (Å²) in [5, 5.41) is 0.560. The van der Waals surface area contributed by atoms with Gasteiger partial charge >= 0.3 is 0 Å². The Morgan fingerprint density at radius 3 is 2.60 bits per heavy atom. The molecule has 2 aromatic carbocycles. The van der Waals surface area contributed by atoms with E-state index in [1.807, 2.05) is 30.3 Å². The maximum atomic E-state index is 12.2. The van der Waals surface area contributed by atoms with E-state index in [4.69, 9.17) is 16.3 Å². The van der Waals surface area contributed by atoms with E-state index >= 15 is 0 Å². The standard InChI is InChI=1S/C16H16ClNO2/c1-18(10-11-20-15-8-3-2-4-9-15)16(19)13-6-5-7-14(17)12-13/h2-9,12H,10-11H2,1H3. The third-order valence-corrected chi connectivity index (χ3v) is 3.09. The zero-order valence-corrected chi connectivity index (χ0v) is 12.0. The van der Waals surface area contributed by atoms with Gasteiger partial charge in [0, 0.05) is 17.6 Å². The van der Waals surface area contributed by atoms with Crippen molar-refractivity contribution in [3.63, 3.8) is 0 Å². The normalized spacial score (nSPS) is 10.1. The Morgan fingerprint density at radius 2 is 1.90 bits per heavy atom. The molecule has 0 bridgehead atoms. The summed E-state index contributed by atoms with van der Waals surface area (Å²) in [5.41, 5.74) is 0.583. The summed E-state index contributed by atoms with van der Waals surface area (Å²) in [6, 6.07) is 16.5. The van der Waals surface area contributed by atoms with Crippen molar-refractivity contribution in [3.8, 4) is 5.75 Å². The molecule has 0 aliphatic carbocycles. The number of hydrogen-bond acceptors (Lipinski definition) is 2. The van der Waals surface area contributed by atoms with Gasteiger partial charge in [0.2, 0.25) is 0 Å². The van der Waals surface area contributed by atoms with Crippen LogP contribution in [0.4, 0.5) is 0 Å². The lowest BCUT2D eigenvalue weighted by Crippen LogP contribution is -2.30. The van der Waals surface area contributed by atoms with Crippen molar-refractivity contribution in [2.24, 2.45) is 0 Å². The molecule has 0 aliphatic heterocycles. The lowest BCUT2D eigenvalue weighted by Gasteiger charge is -2.17. The molecule has 0 N–H and O–H groups in total. The summed E-state index contributed by atoms with van der Waals surface area (Å²) in [4.78, 5) is 13.8. The number of hydrogen-bond donors (Lipinski definition) is 0. The average molecular weight is 290 g/mol. The number of benzene rings is 2. The fourth-order valence-electron chi connectivity index (χ4n) is 1.76. The predicted molar refractivity (Wildman–Crippen MR) is 80.3 cm³/mol. The van der Waals surface area contributed by atoms with Gasteiger partial charge < -0.3 is 9.64 Å². The van der Waals surface area contributed by atoms with Crippen molar-refractivity contribution in [1.29, 1.82) is 0 Å². The molecular weight excluding hydrogens is 274 g/mol. The van der Waals surface area contributed by atoms with Gasteiger partial charge in [0.15, 0.2) is 0 Å². The van der Waals surface area contributed by atoms with Crippen LogP contribution in [0.3, 0.4) is 0 Å². The van der Waals surface area contributed by atoms with E-state index in [2.05, 4.69) is 0 Å². The van der Waals surface area contributed by atoms with E-state index in [9.17, 15) is 4.79 Å². The van der Waals surface area contributed by atoms with E-state index in [1.54, 1.807) is 36.2 Å². The molecule has 4 heteroatoms. The first-order chi connectivity index (χ1) is 9.66. The van der Waals surface area contributed by atoms with Crippen molar-refractivity contribution >= 4 is 17.5 Å². The molecule has 0 heterocycles. The molecule has 2 aromatic rings. The van der Waals surface area contributed by atoms with Gasteiger partial charge in [-0.25, -0.2) is 0 Å². The van der Waals surface area contributed by atoms with Crippen molar-refractivity contribution in [2.45, 2.75) is 0 Å². The number of halogens is 1. The van der Waals surface area contributed by atoms with Gasteiger partial charge in [-0.05, 0) is 30.3 Å². The first-order valence-corrected chi connectivity index (χ1v) is 6.73. The summed E-state index contributed by atoms with van der Waals surface area (Å²) in [6.07, 6.45) is 0. The average Bonchev–Trinajstić information content (AvgIpc) is 2.47. The lowest BCUT2D eigenvalue weighted by atomic mass is 10.2. The van der Waals surface area contributed by atoms with Gasteiger partial charge in [-0.2, -0.15) is 0 Å². The van der Waals surface area contributed by atoms with E-state index in [0.717, 1.165) is 5.75 Å². The Labute approximate surface area is 123 Å². The Hall–Kier alpha value is -2.00. The van der Waals surface area contributed by atoms with Crippen molar-refractivity contribution < 1.29 is 9.53 Å². The van der Waals surface area contributed by atoms with Crippen LogP contribution in [0.5, 0.6) is 5.75 Å². The van der Waals surface area contributed by atoms with E-state index in [-0.39, 0.29) is 5.91 Å². The van der Waals surface area contributed by atoms with Gasteiger partial charge in [-0.3, -0.25) is 4.79 Å². The van der Waals surface area contributed by atoms with Crippen LogP contribution >= 0.6 is 11.6 Å². The number of rotatable bonds is 5. The second-order valence-electron chi connectivity index (χ2n) is 4.40. The van der Waals surface area contributed by atoms with Crippen LogP contribution in [0.25, 0.3) is 0 Å². The lowest BCUT2D eigenvalue weighted by molar-refractivity contribution is 0.0774. The van der Waals surface area contributed by atoms with E-state index in [1.165, 1.54) is 0 Å². The summed E-state index contributed by atoms with van der Waals surface area (Å²) in [6.45, 7) is 0.965. The fourth-order valence-corrected chi connectivity index (χ4v) is 1.95. The highest BCUT2D eigenvalue weighted by Gasteiger charge is 2.11. The van der Waals surface area contributed by atoms with Gasteiger partial charge in [-0.15, -0.1) is 0 Å². The van der Waals surface area contributed by atoms with E-state index in [0.29, 0.717) is 23.7 Å². The van der Waals surface area contributed by atoms with Crippen molar-refractivity contribution in [3.05, 3.63) is 65.2 Å². The van der Waals surface area contributed by atoms with Gasteiger partial charge in [-0.1, -0.05) is 35.9 Å². The highest BCUT2D eigenvalue weighted by Crippen LogP contribution is 2.12. The second kappa shape index (κ2) is 6.96. The molecule has 0 radical (unpaired) electrons. The van der Waals surface area contributed by atoms with Crippen LogP contribution < -0.4 is 4.74 Å². The number of nitrogens with zero attached hydrogens (tertiary/aromatic N) is 1.